The number of anilines is 2. The molecule has 6 nitrogen and oxygen atoms in total. The van der Waals surface area contributed by atoms with Crippen LogP contribution in [0.25, 0.3) is 22.9 Å². The van der Waals surface area contributed by atoms with Crippen molar-refractivity contribution in [3.8, 4) is 22.9 Å². The molecule has 4 rings (SSSR count). The maximum absolute atomic E-state index is 12.3. The zero-order valence-corrected chi connectivity index (χ0v) is 16.1. The lowest BCUT2D eigenvalue weighted by atomic mass is 10.1. The Kier molecular flexibility index (Phi) is 5.07. The van der Waals surface area contributed by atoms with E-state index in [4.69, 9.17) is 4.42 Å². The Morgan fingerprint density at radius 2 is 1.45 bits per heavy atom. The topological polar surface area (TPSA) is 80.0 Å². The fourth-order valence-electron chi connectivity index (χ4n) is 2.89. The predicted molar refractivity (Wildman–Crippen MR) is 114 cm³/mol. The van der Waals surface area contributed by atoms with E-state index in [1.807, 2.05) is 74.5 Å². The van der Waals surface area contributed by atoms with Gasteiger partial charge in [-0.15, -0.1) is 10.2 Å². The first kappa shape index (κ1) is 18.4. The van der Waals surface area contributed by atoms with Crippen LogP contribution in [-0.2, 0) is 0 Å². The lowest BCUT2D eigenvalue weighted by molar-refractivity contribution is 0.262. The van der Waals surface area contributed by atoms with Crippen molar-refractivity contribution in [2.24, 2.45) is 0 Å². The molecule has 0 unspecified atom stereocenters. The Bertz CT molecular complexity index is 1140. The number of aromatic nitrogens is 2. The summed E-state index contributed by atoms with van der Waals surface area (Å²) in [5, 5.41) is 13.9. The van der Waals surface area contributed by atoms with Gasteiger partial charge in [0, 0.05) is 22.5 Å². The molecule has 0 saturated carbocycles. The second-order valence-corrected chi connectivity index (χ2v) is 6.75. The quantitative estimate of drug-likeness (QED) is 0.475. The molecule has 0 radical (unpaired) electrons. The number of carbonyl (C=O) groups excluding carboxylic acids is 1. The summed E-state index contributed by atoms with van der Waals surface area (Å²) in [5.74, 6) is 0.894. The molecule has 0 aliphatic carbocycles. The van der Waals surface area contributed by atoms with Crippen LogP contribution in [0.1, 0.15) is 11.1 Å². The van der Waals surface area contributed by atoms with E-state index in [1.54, 1.807) is 12.1 Å². The van der Waals surface area contributed by atoms with E-state index in [0.717, 1.165) is 27.9 Å². The highest BCUT2D eigenvalue weighted by molar-refractivity contribution is 6.00. The van der Waals surface area contributed by atoms with Gasteiger partial charge in [-0.1, -0.05) is 30.3 Å². The number of urea groups is 1. The van der Waals surface area contributed by atoms with E-state index in [2.05, 4.69) is 20.8 Å². The highest BCUT2D eigenvalue weighted by Gasteiger charge is 2.11. The Labute approximate surface area is 168 Å². The van der Waals surface area contributed by atoms with E-state index in [0.29, 0.717) is 17.5 Å². The molecule has 0 aliphatic rings. The van der Waals surface area contributed by atoms with Gasteiger partial charge in [0.25, 0.3) is 0 Å². The molecule has 1 heterocycles. The SMILES string of the molecule is Cc1ccc(C)c(NC(=O)Nc2ccc(-c3nnc(-c4ccccc4)o3)cc2)c1. The third kappa shape index (κ3) is 4.32. The van der Waals surface area contributed by atoms with Crippen molar-refractivity contribution in [1.82, 2.24) is 10.2 Å². The highest BCUT2D eigenvalue weighted by Crippen LogP contribution is 2.25. The number of rotatable bonds is 4. The van der Waals surface area contributed by atoms with Crippen LogP contribution in [-0.4, -0.2) is 16.2 Å². The van der Waals surface area contributed by atoms with E-state index in [1.165, 1.54) is 0 Å². The Hall–Kier alpha value is -3.93. The van der Waals surface area contributed by atoms with Crippen LogP contribution in [0.2, 0.25) is 0 Å². The van der Waals surface area contributed by atoms with Crippen molar-refractivity contribution in [1.29, 1.82) is 0 Å². The van der Waals surface area contributed by atoms with Gasteiger partial charge in [-0.2, -0.15) is 0 Å². The van der Waals surface area contributed by atoms with Crippen LogP contribution in [0.4, 0.5) is 16.2 Å². The summed E-state index contributed by atoms with van der Waals surface area (Å²) in [4.78, 5) is 12.3. The molecular formula is C23H20N4O2. The largest absolute Gasteiger partial charge is 0.416 e. The lowest BCUT2D eigenvalue weighted by Gasteiger charge is -2.11. The third-order valence-corrected chi connectivity index (χ3v) is 4.48. The molecule has 29 heavy (non-hydrogen) atoms. The second-order valence-electron chi connectivity index (χ2n) is 6.75. The molecule has 0 bridgehead atoms. The van der Waals surface area contributed by atoms with E-state index >= 15 is 0 Å². The Balaban J connectivity index is 1.44. The van der Waals surface area contributed by atoms with Gasteiger partial charge in [-0.3, -0.25) is 0 Å². The van der Waals surface area contributed by atoms with Gasteiger partial charge in [-0.25, -0.2) is 4.79 Å². The fourth-order valence-corrected chi connectivity index (χ4v) is 2.89. The fraction of sp³-hybridized carbons (Fsp3) is 0.0870. The molecular weight excluding hydrogens is 364 g/mol. The Morgan fingerprint density at radius 1 is 0.793 bits per heavy atom. The molecule has 0 atom stereocenters. The number of nitrogens with zero attached hydrogens (tertiary/aromatic N) is 2. The number of hydrogen-bond donors (Lipinski definition) is 2. The van der Waals surface area contributed by atoms with Crippen LogP contribution in [0.3, 0.4) is 0 Å². The molecule has 4 aromatic rings. The zero-order valence-electron chi connectivity index (χ0n) is 16.1. The highest BCUT2D eigenvalue weighted by atomic mass is 16.4. The molecule has 2 N–H and O–H groups in total. The minimum absolute atomic E-state index is 0.296. The summed E-state index contributed by atoms with van der Waals surface area (Å²) in [6.45, 7) is 3.94. The molecule has 0 fully saturated rings. The summed E-state index contributed by atoms with van der Waals surface area (Å²) >= 11 is 0. The monoisotopic (exact) mass is 384 g/mol. The predicted octanol–water partition coefficient (Wildman–Crippen LogP) is 5.66. The van der Waals surface area contributed by atoms with Crippen LogP contribution >= 0.6 is 0 Å². The summed E-state index contributed by atoms with van der Waals surface area (Å²) in [7, 11) is 0. The summed E-state index contributed by atoms with van der Waals surface area (Å²) in [6, 6.07) is 22.5. The van der Waals surface area contributed by atoms with Gasteiger partial charge in [0.05, 0.1) is 0 Å². The van der Waals surface area contributed by atoms with E-state index < -0.39 is 0 Å². The van der Waals surface area contributed by atoms with Gasteiger partial charge < -0.3 is 15.1 Å². The Morgan fingerprint density at radius 3 is 2.14 bits per heavy atom. The normalized spacial score (nSPS) is 10.6. The van der Waals surface area contributed by atoms with Crippen LogP contribution in [0, 0.1) is 13.8 Å². The molecule has 144 valence electrons. The smallest absolute Gasteiger partial charge is 0.323 e. The van der Waals surface area contributed by atoms with Crippen molar-refractivity contribution >= 4 is 17.4 Å². The van der Waals surface area contributed by atoms with Crippen molar-refractivity contribution in [2.75, 3.05) is 10.6 Å². The third-order valence-electron chi connectivity index (χ3n) is 4.48. The number of nitrogens with one attached hydrogen (secondary N) is 2. The molecule has 0 aliphatic heterocycles. The van der Waals surface area contributed by atoms with Crippen LogP contribution in [0.15, 0.2) is 77.2 Å². The molecule has 0 spiro atoms. The number of amides is 2. The average molecular weight is 384 g/mol. The summed E-state index contributed by atoms with van der Waals surface area (Å²) < 4.78 is 5.76. The number of hydrogen-bond acceptors (Lipinski definition) is 4. The first-order valence-corrected chi connectivity index (χ1v) is 9.23. The first-order chi connectivity index (χ1) is 14.1. The van der Waals surface area contributed by atoms with Gasteiger partial charge in [0.15, 0.2) is 0 Å². The maximum atomic E-state index is 12.3. The molecule has 0 saturated heterocycles. The van der Waals surface area contributed by atoms with Gasteiger partial charge in [0.2, 0.25) is 11.8 Å². The molecule has 2 amide bonds. The van der Waals surface area contributed by atoms with Gasteiger partial charge >= 0.3 is 6.03 Å². The van der Waals surface area contributed by atoms with Crippen molar-refractivity contribution in [3.05, 3.63) is 83.9 Å². The molecule has 1 aromatic heterocycles. The van der Waals surface area contributed by atoms with Crippen molar-refractivity contribution in [3.63, 3.8) is 0 Å². The summed E-state index contributed by atoms with van der Waals surface area (Å²) in [6.07, 6.45) is 0. The number of aryl methyl sites for hydroxylation is 2. The lowest BCUT2D eigenvalue weighted by Crippen LogP contribution is -2.20. The summed E-state index contributed by atoms with van der Waals surface area (Å²) in [5.41, 5.74) is 5.20. The van der Waals surface area contributed by atoms with Gasteiger partial charge in [0.1, 0.15) is 0 Å². The molecule has 6 heteroatoms. The number of benzene rings is 3. The maximum Gasteiger partial charge on any atom is 0.323 e. The second kappa shape index (κ2) is 7.98. The minimum atomic E-state index is -0.296. The average Bonchev–Trinajstić information content (AvgIpc) is 3.22. The van der Waals surface area contributed by atoms with E-state index in [9.17, 15) is 4.79 Å². The van der Waals surface area contributed by atoms with Crippen LogP contribution in [0.5, 0.6) is 0 Å². The zero-order chi connectivity index (χ0) is 20.2. The van der Waals surface area contributed by atoms with Crippen molar-refractivity contribution < 1.29 is 9.21 Å². The van der Waals surface area contributed by atoms with Crippen molar-refractivity contribution in [2.45, 2.75) is 13.8 Å². The van der Waals surface area contributed by atoms with Gasteiger partial charge in [-0.05, 0) is 67.4 Å². The molecule has 3 aromatic carbocycles. The first-order valence-electron chi connectivity index (χ1n) is 9.23. The minimum Gasteiger partial charge on any atom is -0.416 e. The van der Waals surface area contributed by atoms with E-state index in [-0.39, 0.29) is 6.03 Å². The van der Waals surface area contributed by atoms with Crippen LogP contribution < -0.4 is 10.6 Å². The number of carbonyl (C=O) groups is 1. The standard InChI is InChI=1S/C23H20N4O2/c1-15-8-9-16(2)20(14-15)25-23(28)24-19-12-10-18(11-13-19)22-27-26-21(29-22)17-6-4-3-5-7-17/h3-14H,1-2H3,(H2,24,25,28).